The van der Waals surface area contributed by atoms with Gasteiger partial charge in [-0.05, 0) is 32.3 Å². The van der Waals surface area contributed by atoms with E-state index in [9.17, 15) is 0 Å². The molecule has 0 aliphatic heterocycles. The number of rotatable bonds is 7. The molecule has 1 N–H and O–H groups in total. The minimum Gasteiger partial charge on any atom is -0.478 e. The molecule has 0 amide bonds. The molecular weight excluding hydrogens is 250 g/mol. The van der Waals surface area contributed by atoms with Crippen molar-refractivity contribution in [2.24, 2.45) is 0 Å². The van der Waals surface area contributed by atoms with Crippen molar-refractivity contribution >= 4 is 5.95 Å². The lowest BCUT2D eigenvalue weighted by molar-refractivity contribution is 0.326. The largest absolute Gasteiger partial charge is 0.478 e. The van der Waals surface area contributed by atoms with Gasteiger partial charge in [0.2, 0.25) is 11.8 Å². The molecule has 1 atom stereocenters. The van der Waals surface area contributed by atoms with Crippen LogP contribution in [0.3, 0.4) is 0 Å². The number of hydrogen-bond acceptors (Lipinski definition) is 4. The maximum absolute atomic E-state index is 5.37. The fourth-order valence-corrected chi connectivity index (χ4v) is 1.96. The van der Waals surface area contributed by atoms with Crippen molar-refractivity contribution < 1.29 is 4.74 Å². The van der Waals surface area contributed by atoms with Crippen LogP contribution in [0.5, 0.6) is 5.88 Å². The molecule has 0 aliphatic carbocycles. The van der Waals surface area contributed by atoms with Crippen molar-refractivity contribution in [1.82, 2.24) is 9.97 Å². The minimum atomic E-state index is 0.312. The van der Waals surface area contributed by atoms with E-state index in [1.165, 1.54) is 5.56 Å². The van der Waals surface area contributed by atoms with Crippen LogP contribution in [0.25, 0.3) is 0 Å². The smallest absolute Gasteiger partial charge is 0.226 e. The van der Waals surface area contributed by atoms with Gasteiger partial charge in [0.05, 0.1) is 6.61 Å². The maximum atomic E-state index is 5.37. The Hall–Kier alpha value is -2.10. The molecule has 0 bridgehead atoms. The Kier molecular flexibility index (Phi) is 5.35. The molecule has 106 valence electrons. The van der Waals surface area contributed by atoms with Gasteiger partial charge in [0.25, 0.3) is 0 Å². The van der Waals surface area contributed by atoms with Crippen molar-refractivity contribution in [2.75, 3.05) is 11.9 Å². The van der Waals surface area contributed by atoms with E-state index in [-0.39, 0.29) is 0 Å². The molecule has 1 heterocycles. The maximum Gasteiger partial charge on any atom is 0.226 e. The molecule has 2 rings (SSSR count). The summed E-state index contributed by atoms with van der Waals surface area (Å²) in [7, 11) is 0. The van der Waals surface area contributed by atoms with Crippen molar-refractivity contribution in [3.63, 3.8) is 0 Å². The number of hydrogen-bond donors (Lipinski definition) is 1. The summed E-state index contributed by atoms with van der Waals surface area (Å²) >= 11 is 0. The Morgan fingerprint density at radius 1 is 1.20 bits per heavy atom. The summed E-state index contributed by atoms with van der Waals surface area (Å²) in [6, 6.07) is 12.6. The topological polar surface area (TPSA) is 47.0 Å². The summed E-state index contributed by atoms with van der Waals surface area (Å²) in [5, 5.41) is 3.31. The first-order chi connectivity index (χ1) is 9.78. The van der Waals surface area contributed by atoms with Crippen LogP contribution in [0, 0.1) is 0 Å². The van der Waals surface area contributed by atoms with Gasteiger partial charge >= 0.3 is 0 Å². The van der Waals surface area contributed by atoms with Crippen LogP contribution in [0.15, 0.2) is 42.6 Å². The molecule has 0 aliphatic rings. The van der Waals surface area contributed by atoms with Gasteiger partial charge in [-0.2, -0.15) is 4.98 Å². The van der Waals surface area contributed by atoms with Gasteiger partial charge in [0, 0.05) is 18.3 Å². The van der Waals surface area contributed by atoms with Crippen molar-refractivity contribution in [1.29, 1.82) is 0 Å². The van der Waals surface area contributed by atoms with Crippen molar-refractivity contribution in [3.8, 4) is 5.88 Å². The number of nitrogens with one attached hydrogen (secondary N) is 1. The number of aryl methyl sites for hydroxylation is 1. The van der Waals surface area contributed by atoms with Crippen LogP contribution in [0.1, 0.15) is 25.8 Å². The van der Waals surface area contributed by atoms with Crippen molar-refractivity contribution in [3.05, 3.63) is 48.2 Å². The van der Waals surface area contributed by atoms with Gasteiger partial charge < -0.3 is 10.1 Å². The first-order valence-electron chi connectivity index (χ1n) is 7.04. The lowest BCUT2D eigenvalue weighted by Gasteiger charge is -2.14. The van der Waals surface area contributed by atoms with E-state index in [2.05, 4.69) is 46.5 Å². The molecule has 4 heteroatoms. The third kappa shape index (κ3) is 4.53. The fourth-order valence-electron chi connectivity index (χ4n) is 1.96. The third-order valence-corrected chi connectivity index (χ3v) is 3.01. The van der Waals surface area contributed by atoms with Gasteiger partial charge in [-0.3, -0.25) is 0 Å². The highest BCUT2D eigenvalue weighted by molar-refractivity contribution is 5.28. The summed E-state index contributed by atoms with van der Waals surface area (Å²) in [4.78, 5) is 8.53. The lowest BCUT2D eigenvalue weighted by Crippen LogP contribution is -2.18. The Bertz CT molecular complexity index is 516. The SMILES string of the molecule is CCOc1ccnc(NC(C)CCc2ccccc2)n1. The minimum absolute atomic E-state index is 0.312. The molecule has 1 aromatic carbocycles. The number of ether oxygens (including phenoxy) is 1. The number of anilines is 1. The molecular formula is C16H21N3O. The molecule has 20 heavy (non-hydrogen) atoms. The van der Waals surface area contributed by atoms with Crippen LogP contribution >= 0.6 is 0 Å². The Morgan fingerprint density at radius 3 is 2.75 bits per heavy atom. The van der Waals surface area contributed by atoms with Crippen molar-refractivity contribution in [2.45, 2.75) is 32.7 Å². The van der Waals surface area contributed by atoms with E-state index in [4.69, 9.17) is 4.74 Å². The number of benzene rings is 1. The molecule has 0 radical (unpaired) electrons. The summed E-state index contributed by atoms with van der Waals surface area (Å²) < 4.78 is 5.37. The highest BCUT2D eigenvalue weighted by atomic mass is 16.5. The molecule has 0 fully saturated rings. The Labute approximate surface area is 120 Å². The van der Waals surface area contributed by atoms with Gasteiger partial charge in [-0.15, -0.1) is 0 Å². The first kappa shape index (κ1) is 14.3. The number of aromatic nitrogens is 2. The van der Waals surface area contributed by atoms with Crippen LogP contribution in [0.2, 0.25) is 0 Å². The molecule has 0 saturated heterocycles. The molecule has 1 unspecified atom stereocenters. The zero-order chi connectivity index (χ0) is 14.2. The van der Waals surface area contributed by atoms with Gasteiger partial charge in [-0.1, -0.05) is 30.3 Å². The quantitative estimate of drug-likeness (QED) is 0.839. The second-order valence-electron chi connectivity index (χ2n) is 4.72. The van der Waals surface area contributed by atoms with E-state index in [0.29, 0.717) is 24.5 Å². The lowest BCUT2D eigenvalue weighted by atomic mass is 10.1. The molecule has 1 aromatic heterocycles. The highest BCUT2D eigenvalue weighted by Gasteiger charge is 2.05. The fraction of sp³-hybridized carbons (Fsp3) is 0.375. The van der Waals surface area contributed by atoms with Gasteiger partial charge in [0.15, 0.2) is 0 Å². The predicted molar refractivity (Wildman–Crippen MR) is 81.0 cm³/mol. The Balaban J connectivity index is 1.84. The Morgan fingerprint density at radius 2 is 2.00 bits per heavy atom. The first-order valence-corrected chi connectivity index (χ1v) is 7.04. The van der Waals surface area contributed by atoms with E-state index < -0.39 is 0 Å². The average molecular weight is 271 g/mol. The molecule has 0 spiro atoms. The van der Waals surface area contributed by atoms with Crippen LogP contribution < -0.4 is 10.1 Å². The van der Waals surface area contributed by atoms with Gasteiger partial charge in [0.1, 0.15) is 0 Å². The van der Waals surface area contributed by atoms with Crippen LogP contribution in [0.4, 0.5) is 5.95 Å². The molecule has 0 saturated carbocycles. The standard InChI is InChI=1S/C16H21N3O/c1-3-20-15-11-12-17-16(19-15)18-13(2)9-10-14-7-5-4-6-8-14/h4-8,11-13H,3,9-10H2,1-2H3,(H,17,18,19). The summed E-state index contributed by atoms with van der Waals surface area (Å²) in [6.45, 7) is 4.69. The summed E-state index contributed by atoms with van der Waals surface area (Å²) in [5.74, 6) is 1.23. The normalized spacial score (nSPS) is 11.9. The van der Waals surface area contributed by atoms with E-state index in [1.807, 2.05) is 13.0 Å². The second-order valence-corrected chi connectivity index (χ2v) is 4.72. The second kappa shape index (κ2) is 7.48. The number of nitrogens with zero attached hydrogens (tertiary/aromatic N) is 2. The van der Waals surface area contributed by atoms with Crippen LogP contribution in [-0.2, 0) is 6.42 Å². The third-order valence-electron chi connectivity index (χ3n) is 3.01. The zero-order valence-corrected chi connectivity index (χ0v) is 12.0. The monoisotopic (exact) mass is 271 g/mol. The van der Waals surface area contributed by atoms with E-state index in [0.717, 1.165) is 12.8 Å². The molecule has 2 aromatic rings. The highest BCUT2D eigenvalue weighted by Crippen LogP contribution is 2.11. The van der Waals surface area contributed by atoms with Crippen LogP contribution in [-0.4, -0.2) is 22.6 Å². The van der Waals surface area contributed by atoms with E-state index in [1.54, 1.807) is 12.3 Å². The average Bonchev–Trinajstić information content (AvgIpc) is 2.47. The van der Waals surface area contributed by atoms with E-state index >= 15 is 0 Å². The molecule has 4 nitrogen and oxygen atoms in total. The summed E-state index contributed by atoms with van der Waals surface area (Å²) in [6.07, 6.45) is 3.79. The zero-order valence-electron chi connectivity index (χ0n) is 12.0. The van der Waals surface area contributed by atoms with Gasteiger partial charge in [-0.25, -0.2) is 4.98 Å². The summed E-state index contributed by atoms with van der Waals surface area (Å²) in [5.41, 5.74) is 1.35. The predicted octanol–water partition coefficient (Wildman–Crippen LogP) is 3.31.